The van der Waals surface area contributed by atoms with Crippen molar-refractivity contribution in [2.75, 3.05) is 5.73 Å². The second kappa shape index (κ2) is 5.40. The minimum absolute atomic E-state index is 0.287. The monoisotopic (exact) mass is 268 g/mol. The number of nitrogen functional groups attached to an aromatic ring is 1. The number of unbranched alkanes of at least 4 members (excludes halogenated alkanes) is 1. The third-order valence-electron chi connectivity index (χ3n) is 2.75. The number of hydrogen-bond donors (Lipinski definition) is 1. The summed E-state index contributed by atoms with van der Waals surface area (Å²) >= 11 is 6.03. The second-order valence-corrected chi connectivity index (χ2v) is 4.50. The number of rotatable bonds is 4. The quantitative estimate of drug-likeness (QED) is 0.910. The molecular weight excluding hydrogens is 255 g/mol. The summed E-state index contributed by atoms with van der Waals surface area (Å²) in [4.78, 5) is 0. The topological polar surface area (TPSA) is 52.0 Å². The van der Waals surface area contributed by atoms with E-state index in [1.165, 1.54) is 12.1 Å². The summed E-state index contributed by atoms with van der Waals surface area (Å²) in [6.07, 6.45) is 2.75. The molecule has 0 atom stereocenters. The number of aromatic nitrogens is 1. The van der Waals surface area contributed by atoms with Gasteiger partial charge >= 0.3 is 0 Å². The zero-order valence-electron chi connectivity index (χ0n) is 10.0. The van der Waals surface area contributed by atoms with Crippen LogP contribution in [-0.2, 0) is 6.42 Å². The van der Waals surface area contributed by atoms with E-state index in [1.54, 1.807) is 6.07 Å². The highest BCUT2D eigenvalue weighted by Crippen LogP contribution is 2.35. The molecule has 0 aliphatic carbocycles. The average molecular weight is 269 g/mol. The molecule has 0 fully saturated rings. The molecule has 1 heterocycles. The Hall–Kier alpha value is -1.55. The Morgan fingerprint density at radius 1 is 1.44 bits per heavy atom. The van der Waals surface area contributed by atoms with E-state index in [2.05, 4.69) is 12.1 Å². The van der Waals surface area contributed by atoms with E-state index in [1.807, 2.05) is 0 Å². The Morgan fingerprint density at radius 2 is 2.22 bits per heavy atom. The Kier molecular flexibility index (Phi) is 3.87. The molecule has 0 aliphatic rings. The molecule has 18 heavy (non-hydrogen) atoms. The van der Waals surface area contributed by atoms with Crippen molar-refractivity contribution in [3.8, 4) is 11.1 Å². The van der Waals surface area contributed by atoms with Gasteiger partial charge in [0.15, 0.2) is 5.82 Å². The van der Waals surface area contributed by atoms with Gasteiger partial charge in [-0.1, -0.05) is 30.1 Å². The van der Waals surface area contributed by atoms with Gasteiger partial charge in [0.2, 0.25) is 0 Å². The number of nitrogens with zero attached hydrogens (tertiary/aromatic N) is 1. The molecule has 0 unspecified atom stereocenters. The normalized spacial score (nSPS) is 10.8. The second-order valence-electron chi connectivity index (χ2n) is 4.09. The molecule has 96 valence electrons. The molecule has 1 aromatic carbocycles. The van der Waals surface area contributed by atoms with E-state index in [4.69, 9.17) is 21.9 Å². The van der Waals surface area contributed by atoms with Gasteiger partial charge in [0.05, 0.1) is 10.6 Å². The molecule has 2 aromatic rings. The minimum atomic E-state index is -0.381. The zero-order chi connectivity index (χ0) is 13.1. The third kappa shape index (κ3) is 2.48. The number of benzene rings is 1. The van der Waals surface area contributed by atoms with E-state index in [0.29, 0.717) is 21.9 Å². The zero-order valence-corrected chi connectivity index (χ0v) is 10.8. The molecule has 0 aliphatic heterocycles. The van der Waals surface area contributed by atoms with Crippen molar-refractivity contribution in [2.24, 2.45) is 0 Å². The van der Waals surface area contributed by atoms with Crippen LogP contribution in [0.5, 0.6) is 0 Å². The van der Waals surface area contributed by atoms with E-state index in [-0.39, 0.29) is 11.6 Å². The van der Waals surface area contributed by atoms with Gasteiger partial charge < -0.3 is 10.3 Å². The number of hydrogen-bond acceptors (Lipinski definition) is 3. The smallest absolute Gasteiger partial charge is 0.175 e. The van der Waals surface area contributed by atoms with E-state index < -0.39 is 0 Å². The van der Waals surface area contributed by atoms with Crippen LogP contribution >= 0.6 is 11.6 Å². The summed E-state index contributed by atoms with van der Waals surface area (Å²) < 4.78 is 18.2. The van der Waals surface area contributed by atoms with Crippen molar-refractivity contribution in [2.45, 2.75) is 26.2 Å². The number of anilines is 1. The summed E-state index contributed by atoms with van der Waals surface area (Å²) in [5, 5.41) is 4.07. The van der Waals surface area contributed by atoms with E-state index in [0.717, 1.165) is 19.3 Å². The van der Waals surface area contributed by atoms with E-state index in [9.17, 15) is 4.39 Å². The maximum Gasteiger partial charge on any atom is 0.175 e. The highest BCUT2D eigenvalue weighted by molar-refractivity contribution is 6.33. The summed E-state index contributed by atoms with van der Waals surface area (Å²) in [5.74, 6) is 0.603. The molecular formula is C13H14ClFN2O. The van der Waals surface area contributed by atoms with Crippen LogP contribution in [0.15, 0.2) is 22.7 Å². The van der Waals surface area contributed by atoms with Crippen LogP contribution in [-0.4, -0.2) is 5.16 Å². The van der Waals surface area contributed by atoms with Crippen LogP contribution in [0.2, 0.25) is 5.02 Å². The van der Waals surface area contributed by atoms with Gasteiger partial charge in [-0.05, 0) is 24.6 Å². The minimum Gasteiger partial charge on any atom is -0.380 e. The fraction of sp³-hybridized carbons (Fsp3) is 0.308. The first-order valence-electron chi connectivity index (χ1n) is 5.83. The van der Waals surface area contributed by atoms with Gasteiger partial charge in [-0.15, -0.1) is 0 Å². The van der Waals surface area contributed by atoms with Crippen molar-refractivity contribution in [3.63, 3.8) is 0 Å². The molecule has 0 saturated carbocycles. The SMILES string of the molecule is CCCCc1onc(N)c1-c1ccc(F)cc1Cl. The Labute approximate surface area is 110 Å². The van der Waals surface area contributed by atoms with E-state index >= 15 is 0 Å². The lowest BCUT2D eigenvalue weighted by molar-refractivity contribution is 0.383. The highest BCUT2D eigenvalue weighted by Gasteiger charge is 2.18. The van der Waals surface area contributed by atoms with Gasteiger partial charge in [-0.3, -0.25) is 0 Å². The maximum atomic E-state index is 13.0. The van der Waals surface area contributed by atoms with Crippen molar-refractivity contribution < 1.29 is 8.91 Å². The lowest BCUT2D eigenvalue weighted by Gasteiger charge is -2.04. The number of nitrogens with two attached hydrogens (primary N) is 1. The molecule has 0 spiro atoms. The van der Waals surface area contributed by atoms with Crippen LogP contribution in [0.25, 0.3) is 11.1 Å². The van der Waals surface area contributed by atoms with Crippen molar-refractivity contribution in [1.29, 1.82) is 0 Å². The maximum absolute atomic E-state index is 13.0. The van der Waals surface area contributed by atoms with Crippen LogP contribution in [0.4, 0.5) is 10.2 Å². The van der Waals surface area contributed by atoms with Gasteiger partial charge in [0.25, 0.3) is 0 Å². The van der Waals surface area contributed by atoms with Crippen molar-refractivity contribution >= 4 is 17.4 Å². The average Bonchev–Trinajstić information content (AvgIpc) is 2.68. The first-order valence-corrected chi connectivity index (χ1v) is 6.20. The predicted molar refractivity (Wildman–Crippen MR) is 69.9 cm³/mol. The van der Waals surface area contributed by atoms with Crippen molar-refractivity contribution in [3.05, 3.63) is 34.8 Å². The molecule has 1 aromatic heterocycles. The first kappa shape index (κ1) is 12.9. The van der Waals surface area contributed by atoms with Crippen LogP contribution in [0.1, 0.15) is 25.5 Å². The van der Waals surface area contributed by atoms with Gasteiger partial charge in [-0.2, -0.15) is 0 Å². The van der Waals surface area contributed by atoms with Gasteiger partial charge in [0.1, 0.15) is 11.6 Å². The standard InChI is InChI=1S/C13H14ClFN2O/c1-2-3-4-11-12(13(16)17-18-11)9-6-5-8(15)7-10(9)14/h5-7H,2-4H2,1H3,(H2,16,17). The summed E-state index contributed by atoms with van der Waals surface area (Å²) in [5.41, 5.74) is 7.12. The molecule has 5 heteroatoms. The molecule has 3 nitrogen and oxygen atoms in total. The van der Waals surface area contributed by atoms with Gasteiger partial charge in [-0.25, -0.2) is 4.39 Å². The van der Waals surface area contributed by atoms with Gasteiger partial charge in [0, 0.05) is 12.0 Å². The molecule has 2 rings (SSSR count). The van der Waals surface area contributed by atoms with Crippen LogP contribution < -0.4 is 5.73 Å². The number of aryl methyl sites for hydroxylation is 1. The fourth-order valence-corrected chi connectivity index (χ4v) is 2.09. The van der Waals surface area contributed by atoms with Crippen molar-refractivity contribution in [1.82, 2.24) is 5.16 Å². The fourth-order valence-electron chi connectivity index (χ4n) is 1.83. The number of halogens is 2. The molecule has 0 radical (unpaired) electrons. The Balaban J connectivity index is 2.45. The highest BCUT2D eigenvalue weighted by atomic mass is 35.5. The van der Waals surface area contributed by atoms with Crippen LogP contribution in [0.3, 0.4) is 0 Å². The molecule has 2 N–H and O–H groups in total. The Morgan fingerprint density at radius 3 is 2.89 bits per heavy atom. The summed E-state index contributed by atoms with van der Waals surface area (Å²) in [6, 6.07) is 4.19. The Bertz CT molecular complexity index is 554. The van der Waals surface area contributed by atoms with Crippen LogP contribution in [0, 0.1) is 5.82 Å². The molecule has 0 bridgehead atoms. The summed E-state index contributed by atoms with van der Waals surface area (Å²) in [6.45, 7) is 2.09. The first-order chi connectivity index (χ1) is 8.63. The molecule has 0 amide bonds. The lowest BCUT2D eigenvalue weighted by Crippen LogP contribution is -1.92. The largest absolute Gasteiger partial charge is 0.380 e. The lowest BCUT2D eigenvalue weighted by atomic mass is 10.0. The summed E-state index contributed by atoms with van der Waals surface area (Å²) in [7, 11) is 0. The molecule has 0 saturated heterocycles. The third-order valence-corrected chi connectivity index (χ3v) is 3.06. The predicted octanol–water partition coefficient (Wildman–Crippen LogP) is 4.06.